The van der Waals surface area contributed by atoms with Gasteiger partial charge in [0.2, 0.25) is 5.91 Å². The molecule has 0 aliphatic heterocycles. The van der Waals surface area contributed by atoms with E-state index in [1.54, 1.807) is 6.20 Å². The zero-order chi connectivity index (χ0) is 25.1. The van der Waals surface area contributed by atoms with Crippen LogP contribution in [0.5, 0.6) is 0 Å². The van der Waals surface area contributed by atoms with Crippen molar-refractivity contribution >= 4 is 45.2 Å². The number of nitrogens with one attached hydrogen (secondary N) is 3. The average molecular weight is 476 g/mol. The number of methoxy groups -OCH3 is 1. The lowest BCUT2D eigenvalue weighted by Gasteiger charge is -2.17. The maximum Gasteiger partial charge on any atom is 0.356 e. The Labute approximate surface area is 205 Å². The number of amides is 1. The Morgan fingerprint density at radius 3 is 2.66 bits per heavy atom. The van der Waals surface area contributed by atoms with Gasteiger partial charge in [0, 0.05) is 42.0 Å². The number of benzene rings is 1. The zero-order valence-electron chi connectivity index (χ0n) is 20.9. The van der Waals surface area contributed by atoms with E-state index in [-0.39, 0.29) is 17.6 Å². The number of pyridine rings is 1. The summed E-state index contributed by atoms with van der Waals surface area (Å²) in [5.41, 5.74) is 4.37. The van der Waals surface area contributed by atoms with Crippen molar-refractivity contribution in [3.05, 3.63) is 54.0 Å². The minimum absolute atomic E-state index is 0.252. The van der Waals surface area contributed by atoms with E-state index in [0.717, 1.165) is 28.6 Å². The maximum atomic E-state index is 12.9. The van der Waals surface area contributed by atoms with Gasteiger partial charge in [0.15, 0.2) is 5.69 Å². The standard InChI is InChI=1S/C27H33N5O3/c1-16(2)12-17(3)30-20-13-22-24(31-18(4)33)25(27(34)35-5)32(26(22)29-15-20)11-10-19-14-28-23-9-7-6-8-21(19)23/h6-9,13-17,28,30H,10-12H2,1-5H3,(H,31,33)/t17-/m0/s1. The number of para-hydroxylation sites is 1. The second-order valence-corrected chi connectivity index (χ2v) is 9.43. The Balaban J connectivity index is 1.78. The number of anilines is 2. The van der Waals surface area contributed by atoms with Crippen LogP contribution >= 0.6 is 0 Å². The van der Waals surface area contributed by atoms with Gasteiger partial charge in [-0.05, 0) is 43.4 Å². The molecule has 1 aromatic carbocycles. The van der Waals surface area contributed by atoms with Crippen molar-refractivity contribution in [1.82, 2.24) is 14.5 Å². The number of rotatable bonds is 9. The van der Waals surface area contributed by atoms with Crippen LogP contribution in [0.25, 0.3) is 21.9 Å². The number of fused-ring (bicyclic) bond motifs is 2. The molecule has 0 bridgehead atoms. The highest BCUT2D eigenvalue weighted by molar-refractivity contribution is 6.11. The summed E-state index contributed by atoms with van der Waals surface area (Å²) in [6, 6.07) is 10.3. The number of aromatic nitrogens is 3. The fourth-order valence-corrected chi connectivity index (χ4v) is 4.75. The number of esters is 1. The first kappa shape index (κ1) is 24.3. The van der Waals surface area contributed by atoms with E-state index >= 15 is 0 Å². The number of hydrogen-bond donors (Lipinski definition) is 3. The molecule has 0 unspecified atom stereocenters. The molecule has 35 heavy (non-hydrogen) atoms. The molecule has 8 nitrogen and oxygen atoms in total. The van der Waals surface area contributed by atoms with E-state index in [4.69, 9.17) is 9.72 Å². The number of hydrogen-bond acceptors (Lipinski definition) is 5. The third-order valence-corrected chi connectivity index (χ3v) is 6.10. The highest BCUT2D eigenvalue weighted by atomic mass is 16.5. The summed E-state index contributed by atoms with van der Waals surface area (Å²) in [6.07, 6.45) is 5.45. The molecular weight excluding hydrogens is 442 g/mol. The Bertz CT molecular complexity index is 1370. The van der Waals surface area contributed by atoms with Gasteiger partial charge in [-0.2, -0.15) is 0 Å². The molecule has 0 radical (unpaired) electrons. The quantitative estimate of drug-likeness (QED) is 0.283. The molecule has 0 fully saturated rings. The number of aromatic amines is 1. The number of carbonyl (C=O) groups excluding carboxylic acids is 2. The monoisotopic (exact) mass is 475 g/mol. The maximum absolute atomic E-state index is 12.9. The van der Waals surface area contributed by atoms with Crippen molar-refractivity contribution in [2.45, 2.75) is 53.1 Å². The number of aryl methyl sites for hydroxylation is 2. The number of carbonyl (C=O) groups is 2. The third kappa shape index (κ3) is 5.16. The number of H-pyrrole nitrogens is 1. The van der Waals surface area contributed by atoms with E-state index in [0.29, 0.717) is 35.6 Å². The van der Waals surface area contributed by atoms with Gasteiger partial charge in [-0.3, -0.25) is 4.79 Å². The van der Waals surface area contributed by atoms with E-state index < -0.39 is 5.97 Å². The molecule has 0 spiro atoms. The van der Waals surface area contributed by atoms with Crippen LogP contribution in [-0.4, -0.2) is 39.6 Å². The first-order chi connectivity index (χ1) is 16.8. The lowest BCUT2D eigenvalue weighted by molar-refractivity contribution is -0.114. The predicted molar refractivity (Wildman–Crippen MR) is 140 cm³/mol. The normalized spacial score (nSPS) is 12.3. The van der Waals surface area contributed by atoms with Gasteiger partial charge in [0.25, 0.3) is 0 Å². The largest absolute Gasteiger partial charge is 0.464 e. The molecule has 3 heterocycles. The van der Waals surface area contributed by atoms with Gasteiger partial charge in [-0.25, -0.2) is 9.78 Å². The molecule has 4 aromatic rings. The number of nitrogens with zero attached hydrogens (tertiary/aromatic N) is 2. The second kappa shape index (κ2) is 10.2. The second-order valence-electron chi connectivity index (χ2n) is 9.43. The van der Waals surface area contributed by atoms with Crippen molar-refractivity contribution in [3.63, 3.8) is 0 Å². The highest BCUT2D eigenvalue weighted by Gasteiger charge is 2.26. The first-order valence-electron chi connectivity index (χ1n) is 12.0. The zero-order valence-corrected chi connectivity index (χ0v) is 20.9. The Morgan fingerprint density at radius 1 is 1.17 bits per heavy atom. The molecule has 8 heteroatoms. The molecule has 1 atom stereocenters. The van der Waals surface area contributed by atoms with Gasteiger partial charge in [-0.15, -0.1) is 0 Å². The van der Waals surface area contributed by atoms with Gasteiger partial charge in [-0.1, -0.05) is 32.0 Å². The minimum Gasteiger partial charge on any atom is -0.464 e. The smallest absolute Gasteiger partial charge is 0.356 e. The van der Waals surface area contributed by atoms with Crippen molar-refractivity contribution in [1.29, 1.82) is 0 Å². The fourth-order valence-electron chi connectivity index (χ4n) is 4.75. The van der Waals surface area contributed by atoms with E-state index in [2.05, 4.69) is 42.5 Å². The van der Waals surface area contributed by atoms with Crippen molar-refractivity contribution in [3.8, 4) is 0 Å². The molecule has 4 rings (SSSR count). The third-order valence-electron chi connectivity index (χ3n) is 6.10. The van der Waals surface area contributed by atoms with Gasteiger partial charge < -0.3 is 24.9 Å². The molecule has 184 valence electrons. The summed E-state index contributed by atoms with van der Waals surface area (Å²) in [6.45, 7) is 8.42. The topological polar surface area (TPSA) is 101 Å². The summed E-state index contributed by atoms with van der Waals surface area (Å²) in [5, 5.41) is 8.18. The number of ether oxygens (including phenoxy) is 1. The van der Waals surface area contributed by atoms with Crippen LogP contribution in [0.4, 0.5) is 11.4 Å². The van der Waals surface area contributed by atoms with Crippen LogP contribution in [0.15, 0.2) is 42.7 Å². The first-order valence-corrected chi connectivity index (χ1v) is 12.0. The summed E-state index contributed by atoms with van der Waals surface area (Å²) in [4.78, 5) is 33.0. The van der Waals surface area contributed by atoms with E-state index in [9.17, 15) is 9.59 Å². The fraction of sp³-hybridized carbons (Fsp3) is 0.370. The SMILES string of the molecule is COC(=O)c1c(NC(C)=O)c2cc(N[C@@H](C)CC(C)C)cnc2n1CCc1c[nH]c2ccccc12. The summed E-state index contributed by atoms with van der Waals surface area (Å²) < 4.78 is 6.96. The lowest BCUT2D eigenvalue weighted by Crippen LogP contribution is -2.17. The van der Waals surface area contributed by atoms with E-state index in [1.807, 2.05) is 35.0 Å². The molecule has 0 saturated heterocycles. The van der Waals surface area contributed by atoms with E-state index in [1.165, 1.54) is 14.0 Å². The lowest BCUT2D eigenvalue weighted by atomic mass is 10.1. The molecule has 0 saturated carbocycles. The molecule has 3 aromatic heterocycles. The average Bonchev–Trinajstić information content (AvgIpc) is 3.35. The summed E-state index contributed by atoms with van der Waals surface area (Å²) >= 11 is 0. The van der Waals surface area contributed by atoms with Gasteiger partial charge >= 0.3 is 5.97 Å². The Morgan fingerprint density at radius 2 is 1.94 bits per heavy atom. The van der Waals surface area contributed by atoms with Gasteiger partial charge in [0.1, 0.15) is 5.65 Å². The van der Waals surface area contributed by atoms with Crippen molar-refractivity contribution in [2.75, 3.05) is 17.7 Å². The van der Waals surface area contributed by atoms with Crippen LogP contribution in [-0.2, 0) is 22.5 Å². The van der Waals surface area contributed by atoms with Crippen LogP contribution < -0.4 is 10.6 Å². The molecule has 0 aliphatic rings. The molecule has 3 N–H and O–H groups in total. The van der Waals surface area contributed by atoms with Crippen molar-refractivity contribution < 1.29 is 14.3 Å². The van der Waals surface area contributed by atoms with Gasteiger partial charge in [0.05, 0.1) is 24.7 Å². The molecule has 1 amide bonds. The summed E-state index contributed by atoms with van der Waals surface area (Å²) in [7, 11) is 1.34. The Hall–Kier alpha value is -3.81. The molecule has 0 aliphatic carbocycles. The Kier molecular flexibility index (Phi) is 7.10. The van der Waals surface area contributed by atoms with Crippen LogP contribution in [0, 0.1) is 5.92 Å². The van der Waals surface area contributed by atoms with Crippen LogP contribution in [0.3, 0.4) is 0 Å². The summed E-state index contributed by atoms with van der Waals surface area (Å²) in [5.74, 6) is -0.230. The highest BCUT2D eigenvalue weighted by Crippen LogP contribution is 2.33. The van der Waals surface area contributed by atoms with Crippen molar-refractivity contribution in [2.24, 2.45) is 5.92 Å². The minimum atomic E-state index is -0.520. The molecular formula is C27H33N5O3. The van der Waals surface area contributed by atoms with Crippen LogP contribution in [0.1, 0.15) is 50.2 Å². The predicted octanol–water partition coefficient (Wildman–Crippen LogP) is 5.35. The van der Waals surface area contributed by atoms with Crippen LogP contribution in [0.2, 0.25) is 0 Å².